The third-order valence-corrected chi connectivity index (χ3v) is 3.19. The highest BCUT2D eigenvalue weighted by atomic mass is 35.5. The first-order valence-electron chi connectivity index (χ1n) is 5.35. The van der Waals surface area contributed by atoms with Crippen LogP contribution >= 0.6 is 23.2 Å². The number of carbonyl (C=O) groups is 1. The van der Waals surface area contributed by atoms with Crippen molar-refractivity contribution in [1.29, 1.82) is 0 Å². The maximum Gasteiger partial charge on any atom is 0.341 e. The van der Waals surface area contributed by atoms with Crippen LogP contribution in [0.5, 0.6) is 0 Å². The molecule has 0 atom stereocenters. The monoisotopic (exact) mass is 297 g/mol. The molecule has 1 N–H and O–H groups in total. The van der Waals surface area contributed by atoms with Gasteiger partial charge in [0.25, 0.3) is 5.56 Å². The topological polar surface area (TPSA) is 59.3 Å². The second-order valence-electron chi connectivity index (χ2n) is 3.90. The van der Waals surface area contributed by atoms with Crippen molar-refractivity contribution >= 4 is 29.2 Å². The quantitative estimate of drug-likeness (QED) is 0.947. The maximum atomic E-state index is 11.9. The van der Waals surface area contributed by atoms with Gasteiger partial charge in [-0.05, 0) is 29.8 Å². The summed E-state index contributed by atoms with van der Waals surface area (Å²) >= 11 is 11.8. The standard InChI is InChI=1S/C13H9Cl2NO3/c14-9-4-3-8(11(15)6-9)7-16-5-1-2-10(12(16)17)13(18)19/h1-6H,7H2,(H,18,19). The van der Waals surface area contributed by atoms with E-state index in [1.165, 1.54) is 22.9 Å². The first-order valence-corrected chi connectivity index (χ1v) is 6.11. The predicted octanol–water partition coefficient (Wildman–Crippen LogP) is 2.90. The van der Waals surface area contributed by atoms with E-state index in [2.05, 4.69) is 0 Å². The number of benzene rings is 1. The molecule has 0 unspecified atom stereocenters. The Bertz CT molecular complexity index is 695. The van der Waals surface area contributed by atoms with Crippen molar-refractivity contribution in [2.24, 2.45) is 0 Å². The van der Waals surface area contributed by atoms with Crippen molar-refractivity contribution in [3.63, 3.8) is 0 Å². The van der Waals surface area contributed by atoms with Crippen LogP contribution in [0.1, 0.15) is 15.9 Å². The Labute approximate surface area is 118 Å². The molecule has 0 amide bonds. The minimum Gasteiger partial charge on any atom is -0.477 e. The van der Waals surface area contributed by atoms with Crippen LogP contribution in [0.15, 0.2) is 41.3 Å². The van der Waals surface area contributed by atoms with Crippen molar-refractivity contribution in [2.75, 3.05) is 0 Å². The molecule has 6 heteroatoms. The normalized spacial score (nSPS) is 10.4. The zero-order chi connectivity index (χ0) is 14.0. The Morgan fingerprint density at radius 3 is 2.63 bits per heavy atom. The number of halogens is 2. The Morgan fingerprint density at radius 1 is 1.26 bits per heavy atom. The molecule has 98 valence electrons. The molecular weight excluding hydrogens is 289 g/mol. The Hall–Kier alpha value is -1.78. The van der Waals surface area contributed by atoms with Gasteiger partial charge in [-0.2, -0.15) is 0 Å². The SMILES string of the molecule is O=C(O)c1cccn(Cc2ccc(Cl)cc2Cl)c1=O. The molecule has 0 saturated carbocycles. The molecule has 0 radical (unpaired) electrons. The second kappa shape index (κ2) is 5.47. The lowest BCUT2D eigenvalue weighted by molar-refractivity contribution is 0.0694. The molecule has 0 spiro atoms. The number of hydrogen-bond donors (Lipinski definition) is 1. The molecule has 2 rings (SSSR count). The molecule has 1 heterocycles. The molecule has 4 nitrogen and oxygen atoms in total. The van der Waals surface area contributed by atoms with Crippen LogP contribution < -0.4 is 5.56 Å². The number of aromatic nitrogens is 1. The summed E-state index contributed by atoms with van der Waals surface area (Å²) in [6, 6.07) is 7.71. The molecule has 0 aliphatic heterocycles. The van der Waals surface area contributed by atoms with E-state index in [-0.39, 0.29) is 12.1 Å². The average Bonchev–Trinajstić information content (AvgIpc) is 2.34. The molecule has 0 aliphatic carbocycles. The lowest BCUT2D eigenvalue weighted by atomic mass is 10.2. The summed E-state index contributed by atoms with van der Waals surface area (Å²) in [5.74, 6) is -1.25. The summed E-state index contributed by atoms with van der Waals surface area (Å²) in [6.45, 7) is 0.190. The largest absolute Gasteiger partial charge is 0.477 e. The van der Waals surface area contributed by atoms with Crippen LogP contribution in [-0.4, -0.2) is 15.6 Å². The van der Waals surface area contributed by atoms with Crippen molar-refractivity contribution < 1.29 is 9.90 Å². The van der Waals surface area contributed by atoms with Gasteiger partial charge in [-0.15, -0.1) is 0 Å². The van der Waals surface area contributed by atoms with Crippen molar-refractivity contribution in [2.45, 2.75) is 6.54 Å². The first kappa shape index (κ1) is 13.6. The first-order chi connectivity index (χ1) is 8.99. The van der Waals surface area contributed by atoms with E-state index in [9.17, 15) is 9.59 Å². The van der Waals surface area contributed by atoms with Gasteiger partial charge in [0.1, 0.15) is 5.56 Å². The molecule has 0 saturated heterocycles. The van der Waals surface area contributed by atoms with Crippen molar-refractivity contribution in [3.05, 3.63) is 68.1 Å². The summed E-state index contributed by atoms with van der Waals surface area (Å²) in [6.07, 6.45) is 1.51. The highest BCUT2D eigenvalue weighted by molar-refractivity contribution is 6.35. The van der Waals surface area contributed by atoms with Crippen molar-refractivity contribution in [3.8, 4) is 0 Å². The molecule has 19 heavy (non-hydrogen) atoms. The van der Waals surface area contributed by atoms with Gasteiger partial charge in [0.2, 0.25) is 0 Å². The smallest absolute Gasteiger partial charge is 0.341 e. The summed E-state index contributed by atoms with van der Waals surface area (Å²) in [5.41, 5.74) is -0.149. The van der Waals surface area contributed by atoms with E-state index in [4.69, 9.17) is 28.3 Å². The molecule has 0 aliphatic rings. The van der Waals surface area contributed by atoms with Crippen LogP contribution in [0.2, 0.25) is 10.0 Å². The lowest BCUT2D eigenvalue weighted by Gasteiger charge is -2.08. The highest BCUT2D eigenvalue weighted by Gasteiger charge is 2.11. The molecule has 2 aromatic rings. The van der Waals surface area contributed by atoms with Crippen LogP contribution in [0, 0.1) is 0 Å². The molecule has 1 aromatic carbocycles. The second-order valence-corrected chi connectivity index (χ2v) is 4.74. The zero-order valence-corrected chi connectivity index (χ0v) is 11.1. The van der Waals surface area contributed by atoms with Gasteiger partial charge in [-0.25, -0.2) is 4.79 Å². The molecule has 0 bridgehead atoms. The van der Waals surface area contributed by atoms with Gasteiger partial charge in [-0.1, -0.05) is 29.3 Å². The van der Waals surface area contributed by atoms with E-state index >= 15 is 0 Å². The molecule has 0 fully saturated rings. The predicted molar refractivity (Wildman–Crippen MR) is 73.2 cm³/mol. The minimum atomic E-state index is -1.25. The van der Waals surface area contributed by atoms with E-state index in [0.29, 0.717) is 15.6 Å². The van der Waals surface area contributed by atoms with Crippen LogP contribution in [0.3, 0.4) is 0 Å². The van der Waals surface area contributed by atoms with Crippen LogP contribution in [0.4, 0.5) is 0 Å². The maximum absolute atomic E-state index is 11.9. The Balaban J connectivity index is 2.42. The number of pyridine rings is 1. The zero-order valence-electron chi connectivity index (χ0n) is 9.64. The fraction of sp³-hybridized carbons (Fsp3) is 0.0769. The highest BCUT2D eigenvalue weighted by Crippen LogP contribution is 2.21. The minimum absolute atomic E-state index is 0.190. The van der Waals surface area contributed by atoms with E-state index in [0.717, 1.165) is 0 Å². The van der Waals surface area contributed by atoms with Crippen LogP contribution in [0.25, 0.3) is 0 Å². The number of hydrogen-bond acceptors (Lipinski definition) is 2. The number of nitrogens with zero attached hydrogens (tertiary/aromatic N) is 1. The summed E-state index contributed by atoms with van der Waals surface area (Å²) < 4.78 is 1.29. The van der Waals surface area contributed by atoms with Gasteiger partial charge in [0, 0.05) is 16.2 Å². The number of carboxylic acids is 1. The van der Waals surface area contributed by atoms with Gasteiger partial charge in [0.05, 0.1) is 6.54 Å². The van der Waals surface area contributed by atoms with Crippen LogP contribution in [-0.2, 0) is 6.54 Å². The molecule has 1 aromatic heterocycles. The van der Waals surface area contributed by atoms with Gasteiger partial charge in [0.15, 0.2) is 0 Å². The third kappa shape index (κ3) is 2.97. The van der Waals surface area contributed by atoms with Crippen molar-refractivity contribution in [1.82, 2.24) is 4.57 Å². The number of aromatic carboxylic acids is 1. The van der Waals surface area contributed by atoms with E-state index in [1.807, 2.05) is 0 Å². The van der Waals surface area contributed by atoms with E-state index in [1.54, 1.807) is 18.2 Å². The van der Waals surface area contributed by atoms with Gasteiger partial charge in [-0.3, -0.25) is 4.79 Å². The van der Waals surface area contributed by atoms with Gasteiger partial charge >= 0.3 is 5.97 Å². The average molecular weight is 298 g/mol. The Kier molecular flexibility index (Phi) is 3.93. The summed E-state index contributed by atoms with van der Waals surface area (Å²) in [4.78, 5) is 22.8. The number of carboxylic acid groups (broad SMARTS) is 1. The third-order valence-electron chi connectivity index (χ3n) is 2.61. The van der Waals surface area contributed by atoms with E-state index < -0.39 is 11.5 Å². The fourth-order valence-electron chi connectivity index (χ4n) is 1.66. The lowest BCUT2D eigenvalue weighted by Crippen LogP contribution is -2.26. The molecular formula is C13H9Cl2NO3. The summed E-state index contributed by atoms with van der Waals surface area (Å²) in [7, 11) is 0. The Morgan fingerprint density at radius 2 is 2.00 bits per heavy atom. The van der Waals surface area contributed by atoms with Gasteiger partial charge < -0.3 is 9.67 Å². The summed E-state index contributed by atoms with van der Waals surface area (Å²) in [5, 5.41) is 9.82. The number of rotatable bonds is 3. The fourth-order valence-corrected chi connectivity index (χ4v) is 2.13.